The second kappa shape index (κ2) is 6.64. The normalized spacial score (nSPS) is 10.4. The number of ether oxygens (including phenoxy) is 1. The van der Waals surface area contributed by atoms with Gasteiger partial charge in [-0.15, -0.1) is 0 Å². The van der Waals surface area contributed by atoms with Crippen molar-refractivity contribution in [2.24, 2.45) is 0 Å². The molecule has 1 heterocycles. The standard InChI is InChI=1S/C13H11ClN2O4S/c1-20-8-2-3-9(14)10(6-8)16-5-4-11(17)15-13(16)21-7-12(18)19/h2-6H,7H2,1H3,(H,18,19). The number of aliphatic carboxylic acids is 1. The molecular formula is C13H11ClN2O4S. The van der Waals surface area contributed by atoms with Crippen LogP contribution in [0.25, 0.3) is 5.69 Å². The first-order valence-electron chi connectivity index (χ1n) is 5.79. The van der Waals surface area contributed by atoms with Gasteiger partial charge in [0.15, 0.2) is 5.16 Å². The van der Waals surface area contributed by atoms with Gasteiger partial charge in [-0.2, -0.15) is 4.98 Å². The third-order valence-corrected chi connectivity index (χ3v) is 3.77. The molecule has 110 valence electrons. The van der Waals surface area contributed by atoms with Crippen LogP contribution in [0, 0.1) is 0 Å². The molecule has 6 nitrogen and oxygen atoms in total. The first kappa shape index (κ1) is 15.4. The SMILES string of the molecule is COc1ccc(Cl)c(-n2ccc(=O)nc2SCC(=O)O)c1. The maximum Gasteiger partial charge on any atom is 0.313 e. The molecule has 0 spiro atoms. The molecule has 0 saturated carbocycles. The highest BCUT2D eigenvalue weighted by atomic mass is 35.5. The molecule has 0 unspecified atom stereocenters. The number of benzene rings is 1. The van der Waals surface area contributed by atoms with Crippen molar-refractivity contribution >= 4 is 29.3 Å². The number of thioether (sulfide) groups is 1. The summed E-state index contributed by atoms with van der Waals surface area (Å²) in [7, 11) is 1.52. The fourth-order valence-electron chi connectivity index (χ4n) is 1.60. The summed E-state index contributed by atoms with van der Waals surface area (Å²) < 4.78 is 6.69. The van der Waals surface area contributed by atoms with Gasteiger partial charge in [0.2, 0.25) is 0 Å². The first-order valence-corrected chi connectivity index (χ1v) is 7.16. The van der Waals surface area contributed by atoms with Gasteiger partial charge in [0.1, 0.15) is 5.75 Å². The summed E-state index contributed by atoms with van der Waals surface area (Å²) in [6, 6.07) is 6.31. The van der Waals surface area contributed by atoms with Crippen molar-refractivity contribution in [3.63, 3.8) is 0 Å². The van der Waals surface area contributed by atoms with Gasteiger partial charge in [-0.3, -0.25) is 14.2 Å². The first-order chi connectivity index (χ1) is 10.0. The summed E-state index contributed by atoms with van der Waals surface area (Å²) >= 11 is 7.09. The number of halogens is 1. The molecule has 0 aliphatic rings. The van der Waals surface area contributed by atoms with Crippen molar-refractivity contribution in [1.29, 1.82) is 0 Å². The van der Waals surface area contributed by atoms with Crippen molar-refractivity contribution in [2.75, 3.05) is 12.9 Å². The summed E-state index contributed by atoms with van der Waals surface area (Å²) in [5.74, 6) is -0.624. The van der Waals surface area contributed by atoms with E-state index in [0.29, 0.717) is 16.5 Å². The zero-order valence-corrected chi connectivity index (χ0v) is 12.5. The zero-order valence-electron chi connectivity index (χ0n) is 10.9. The van der Waals surface area contributed by atoms with E-state index in [9.17, 15) is 9.59 Å². The number of rotatable bonds is 5. The van der Waals surface area contributed by atoms with Gasteiger partial charge in [-0.05, 0) is 12.1 Å². The maximum absolute atomic E-state index is 11.4. The Morgan fingerprint density at radius 1 is 1.48 bits per heavy atom. The molecule has 21 heavy (non-hydrogen) atoms. The smallest absolute Gasteiger partial charge is 0.313 e. The number of hydrogen-bond acceptors (Lipinski definition) is 5. The van der Waals surface area contributed by atoms with Crippen LogP contribution in [0.3, 0.4) is 0 Å². The lowest BCUT2D eigenvalue weighted by Crippen LogP contribution is -2.13. The minimum atomic E-state index is -0.999. The van der Waals surface area contributed by atoms with Crippen LogP contribution in [0.5, 0.6) is 5.75 Å². The Kier molecular flexibility index (Phi) is 4.87. The zero-order chi connectivity index (χ0) is 15.4. The average molecular weight is 327 g/mol. The summed E-state index contributed by atoms with van der Waals surface area (Å²) in [5, 5.41) is 9.44. The Morgan fingerprint density at radius 2 is 2.24 bits per heavy atom. The largest absolute Gasteiger partial charge is 0.497 e. The lowest BCUT2D eigenvalue weighted by atomic mass is 10.3. The van der Waals surface area contributed by atoms with Crippen molar-refractivity contribution < 1.29 is 14.6 Å². The fourth-order valence-corrected chi connectivity index (χ4v) is 2.52. The quantitative estimate of drug-likeness (QED) is 0.669. The number of nitrogens with zero attached hydrogens (tertiary/aromatic N) is 2. The summed E-state index contributed by atoms with van der Waals surface area (Å²) in [6.45, 7) is 0. The van der Waals surface area contributed by atoms with Gasteiger partial charge in [0.25, 0.3) is 5.56 Å². The number of methoxy groups -OCH3 is 1. The van der Waals surface area contributed by atoms with Crippen LogP contribution in [-0.4, -0.2) is 33.5 Å². The van der Waals surface area contributed by atoms with E-state index >= 15 is 0 Å². The van der Waals surface area contributed by atoms with E-state index in [0.717, 1.165) is 11.8 Å². The molecule has 0 radical (unpaired) electrons. The summed E-state index contributed by atoms with van der Waals surface area (Å²) in [6.07, 6.45) is 1.50. The number of carbonyl (C=O) groups is 1. The second-order valence-electron chi connectivity index (χ2n) is 3.92. The number of carboxylic acids is 1. The number of carboxylic acid groups (broad SMARTS) is 1. The van der Waals surface area contributed by atoms with E-state index in [-0.39, 0.29) is 10.9 Å². The fraction of sp³-hybridized carbons (Fsp3) is 0.154. The predicted molar refractivity (Wildman–Crippen MR) is 79.8 cm³/mol. The lowest BCUT2D eigenvalue weighted by molar-refractivity contribution is -0.133. The Morgan fingerprint density at radius 3 is 2.90 bits per heavy atom. The van der Waals surface area contributed by atoms with Crippen molar-refractivity contribution in [3.05, 3.63) is 45.8 Å². The van der Waals surface area contributed by atoms with Gasteiger partial charge < -0.3 is 9.84 Å². The Bertz CT molecular complexity index is 732. The highest BCUT2D eigenvalue weighted by Crippen LogP contribution is 2.28. The highest BCUT2D eigenvalue weighted by molar-refractivity contribution is 7.99. The van der Waals surface area contributed by atoms with Gasteiger partial charge in [0, 0.05) is 18.3 Å². The van der Waals surface area contributed by atoms with Crippen LogP contribution in [0.15, 0.2) is 40.4 Å². The third-order valence-electron chi connectivity index (χ3n) is 2.52. The Balaban J connectivity index is 2.52. The number of aromatic nitrogens is 2. The summed E-state index contributed by atoms with van der Waals surface area (Å²) in [5.41, 5.74) is 0.106. The van der Waals surface area contributed by atoms with E-state index in [1.807, 2.05) is 0 Å². The van der Waals surface area contributed by atoms with Crippen LogP contribution >= 0.6 is 23.4 Å². The molecule has 0 saturated heterocycles. The molecule has 2 rings (SSSR count). The Hall–Kier alpha value is -1.99. The van der Waals surface area contributed by atoms with Crippen LogP contribution in [-0.2, 0) is 4.79 Å². The molecule has 2 aromatic rings. The molecule has 1 aromatic heterocycles. The predicted octanol–water partition coefficient (Wildman–Crippen LogP) is 2.07. The van der Waals surface area contributed by atoms with Crippen LogP contribution < -0.4 is 10.3 Å². The molecule has 0 aliphatic carbocycles. The maximum atomic E-state index is 11.4. The van der Waals surface area contributed by atoms with E-state index in [1.165, 1.54) is 19.4 Å². The molecule has 0 bridgehead atoms. The van der Waals surface area contributed by atoms with E-state index < -0.39 is 11.5 Å². The van der Waals surface area contributed by atoms with Gasteiger partial charge in [0.05, 0.1) is 23.6 Å². The van der Waals surface area contributed by atoms with Gasteiger partial charge >= 0.3 is 5.97 Å². The molecule has 0 aliphatic heterocycles. The molecule has 1 N–H and O–H groups in total. The van der Waals surface area contributed by atoms with E-state index in [1.54, 1.807) is 22.8 Å². The molecule has 0 amide bonds. The van der Waals surface area contributed by atoms with Crippen molar-refractivity contribution in [2.45, 2.75) is 5.16 Å². The molecule has 0 atom stereocenters. The Labute approximate surface area is 129 Å². The highest BCUT2D eigenvalue weighted by Gasteiger charge is 2.12. The van der Waals surface area contributed by atoms with Crippen LogP contribution in [0.4, 0.5) is 0 Å². The van der Waals surface area contributed by atoms with Crippen molar-refractivity contribution in [1.82, 2.24) is 9.55 Å². The van der Waals surface area contributed by atoms with Crippen LogP contribution in [0.2, 0.25) is 5.02 Å². The lowest BCUT2D eigenvalue weighted by Gasteiger charge is -2.13. The second-order valence-corrected chi connectivity index (χ2v) is 5.27. The van der Waals surface area contributed by atoms with Gasteiger partial charge in [-0.25, -0.2) is 0 Å². The third kappa shape index (κ3) is 3.77. The minimum absolute atomic E-state index is 0.210. The molecule has 1 aromatic carbocycles. The topological polar surface area (TPSA) is 81.4 Å². The summed E-state index contributed by atoms with van der Waals surface area (Å²) in [4.78, 5) is 25.9. The van der Waals surface area contributed by atoms with Crippen molar-refractivity contribution in [3.8, 4) is 11.4 Å². The average Bonchev–Trinajstić information content (AvgIpc) is 2.46. The molecule has 8 heteroatoms. The van der Waals surface area contributed by atoms with E-state index in [2.05, 4.69) is 4.98 Å². The number of hydrogen-bond donors (Lipinski definition) is 1. The molecular weight excluding hydrogens is 316 g/mol. The monoisotopic (exact) mass is 326 g/mol. The molecule has 0 fully saturated rings. The van der Waals surface area contributed by atoms with Crippen LogP contribution in [0.1, 0.15) is 0 Å². The van der Waals surface area contributed by atoms with Gasteiger partial charge in [-0.1, -0.05) is 23.4 Å². The van der Waals surface area contributed by atoms with E-state index in [4.69, 9.17) is 21.4 Å². The minimum Gasteiger partial charge on any atom is -0.497 e.